The highest BCUT2D eigenvalue weighted by Gasteiger charge is 2.15. The Hall–Kier alpha value is -2.42. The van der Waals surface area contributed by atoms with Crippen LogP contribution in [0.2, 0.25) is 5.02 Å². The van der Waals surface area contributed by atoms with Crippen LogP contribution < -0.4 is 5.32 Å². The molecule has 0 heterocycles. The maximum absolute atomic E-state index is 11.0. The molecule has 2 aromatic carbocycles. The van der Waals surface area contributed by atoms with Crippen molar-refractivity contribution >= 4 is 17.3 Å². The molecule has 0 saturated carbocycles. The van der Waals surface area contributed by atoms with Crippen molar-refractivity contribution in [2.24, 2.45) is 0 Å². The first-order valence-corrected chi connectivity index (χ1v) is 6.61. The van der Waals surface area contributed by atoms with Crippen LogP contribution in [0.5, 0.6) is 0 Å². The molecule has 0 fully saturated rings. The van der Waals surface area contributed by atoms with Crippen LogP contribution in [-0.4, -0.2) is 4.92 Å². The summed E-state index contributed by atoms with van der Waals surface area (Å²) in [5, 5.41) is 23.3. The molecule has 0 radical (unpaired) electrons. The van der Waals surface area contributed by atoms with E-state index in [1.807, 2.05) is 6.07 Å². The van der Waals surface area contributed by atoms with Crippen LogP contribution in [0.1, 0.15) is 16.7 Å². The van der Waals surface area contributed by atoms with Gasteiger partial charge in [0.2, 0.25) is 0 Å². The fourth-order valence-corrected chi connectivity index (χ4v) is 2.21. The van der Waals surface area contributed by atoms with Crippen LogP contribution in [0.15, 0.2) is 42.5 Å². The van der Waals surface area contributed by atoms with E-state index in [0.717, 1.165) is 5.56 Å². The SMILES string of the molecule is N#Cc1cccc(CNCc2c(Cl)cccc2[N+](=O)[O-])c1. The minimum Gasteiger partial charge on any atom is -0.308 e. The Morgan fingerprint density at radius 1 is 1.24 bits per heavy atom. The van der Waals surface area contributed by atoms with E-state index in [1.165, 1.54) is 6.07 Å². The molecular formula is C15H12ClN3O2. The Balaban J connectivity index is 2.07. The average molecular weight is 302 g/mol. The van der Waals surface area contributed by atoms with Gasteiger partial charge in [-0.3, -0.25) is 10.1 Å². The topological polar surface area (TPSA) is 79.0 Å². The first kappa shape index (κ1) is 15.0. The van der Waals surface area contributed by atoms with E-state index in [1.54, 1.807) is 30.3 Å². The number of nitro groups is 1. The van der Waals surface area contributed by atoms with Gasteiger partial charge in [0.15, 0.2) is 0 Å². The Bertz CT molecular complexity index is 710. The van der Waals surface area contributed by atoms with Gasteiger partial charge >= 0.3 is 0 Å². The quantitative estimate of drug-likeness (QED) is 0.678. The Morgan fingerprint density at radius 3 is 2.71 bits per heavy atom. The van der Waals surface area contributed by atoms with E-state index in [-0.39, 0.29) is 12.2 Å². The van der Waals surface area contributed by atoms with Crippen molar-refractivity contribution in [2.75, 3.05) is 0 Å². The number of nitrogens with zero attached hydrogens (tertiary/aromatic N) is 2. The number of nitriles is 1. The molecule has 2 aromatic rings. The van der Waals surface area contributed by atoms with Gasteiger partial charge in [-0.25, -0.2) is 0 Å². The standard InChI is InChI=1S/C15H12ClN3O2/c16-14-5-2-6-15(19(20)21)13(14)10-18-9-12-4-1-3-11(7-12)8-17/h1-7,18H,9-10H2. The minimum absolute atomic E-state index is 0.000718. The third-order valence-corrected chi connectivity index (χ3v) is 3.33. The second-order valence-corrected chi connectivity index (χ2v) is 4.82. The molecule has 0 aliphatic heterocycles. The molecule has 21 heavy (non-hydrogen) atoms. The summed E-state index contributed by atoms with van der Waals surface area (Å²) in [6.07, 6.45) is 0. The lowest BCUT2D eigenvalue weighted by Gasteiger charge is -2.08. The van der Waals surface area contributed by atoms with E-state index in [4.69, 9.17) is 16.9 Å². The van der Waals surface area contributed by atoms with Gasteiger partial charge in [-0.05, 0) is 23.8 Å². The van der Waals surface area contributed by atoms with Crippen molar-refractivity contribution in [1.29, 1.82) is 5.26 Å². The fraction of sp³-hybridized carbons (Fsp3) is 0.133. The molecule has 0 aliphatic carbocycles. The first-order chi connectivity index (χ1) is 10.1. The van der Waals surface area contributed by atoms with E-state index in [2.05, 4.69) is 11.4 Å². The van der Waals surface area contributed by atoms with Crippen molar-refractivity contribution < 1.29 is 4.92 Å². The van der Waals surface area contributed by atoms with Gasteiger partial charge in [-0.15, -0.1) is 0 Å². The van der Waals surface area contributed by atoms with Crippen molar-refractivity contribution in [1.82, 2.24) is 5.32 Å². The van der Waals surface area contributed by atoms with Crippen LogP contribution in [-0.2, 0) is 13.1 Å². The van der Waals surface area contributed by atoms with Gasteiger partial charge in [-0.2, -0.15) is 5.26 Å². The number of nitro benzene ring substituents is 1. The van der Waals surface area contributed by atoms with Crippen molar-refractivity contribution in [3.8, 4) is 6.07 Å². The van der Waals surface area contributed by atoms with E-state index >= 15 is 0 Å². The number of nitrogens with one attached hydrogen (secondary N) is 1. The Morgan fingerprint density at radius 2 is 2.00 bits per heavy atom. The van der Waals surface area contributed by atoms with Gasteiger partial charge in [-0.1, -0.05) is 29.8 Å². The number of hydrogen-bond acceptors (Lipinski definition) is 4. The van der Waals surface area contributed by atoms with Crippen LogP contribution in [0.3, 0.4) is 0 Å². The maximum Gasteiger partial charge on any atom is 0.275 e. The summed E-state index contributed by atoms with van der Waals surface area (Å²) in [4.78, 5) is 10.5. The zero-order valence-electron chi connectivity index (χ0n) is 11.0. The van der Waals surface area contributed by atoms with Crippen molar-refractivity contribution in [2.45, 2.75) is 13.1 Å². The van der Waals surface area contributed by atoms with E-state index < -0.39 is 4.92 Å². The zero-order valence-corrected chi connectivity index (χ0v) is 11.8. The van der Waals surface area contributed by atoms with E-state index in [0.29, 0.717) is 22.7 Å². The molecule has 2 rings (SSSR count). The Labute approximate surface area is 126 Å². The fourth-order valence-electron chi connectivity index (χ4n) is 1.98. The lowest BCUT2D eigenvalue weighted by atomic mass is 10.1. The van der Waals surface area contributed by atoms with Crippen LogP contribution >= 0.6 is 11.6 Å². The second-order valence-electron chi connectivity index (χ2n) is 4.41. The number of halogens is 1. The largest absolute Gasteiger partial charge is 0.308 e. The normalized spacial score (nSPS) is 10.1. The zero-order chi connectivity index (χ0) is 15.2. The molecule has 5 nitrogen and oxygen atoms in total. The summed E-state index contributed by atoms with van der Waals surface area (Å²) in [5.41, 5.74) is 1.98. The third-order valence-electron chi connectivity index (χ3n) is 2.98. The smallest absolute Gasteiger partial charge is 0.275 e. The predicted octanol–water partition coefficient (Wildman–Crippen LogP) is 3.41. The first-order valence-electron chi connectivity index (χ1n) is 6.23. The lowest BCUT2D eigenvalue weighted by molar-refractivity contribution is -0.385. The van der Waals surface area contributed by atoms with Crippen LogP contribution in [0.25, 0.3) is 0 Å². The summed E-state index contributed by atoms with van der Waals surface area (Å²) >= 11 is 6.02. The highest BCUT2D eigenvalue weighted by molar-refractivity contribution is 6.31. The maximum atomic E-state index is 11.0. The van der Waals surface area contributed by atoms with Gasteiger partial charge in [0.05, 0.1) is 27.1 Å². The summed E-state index contributed by atoms with van der Waals surface area (Å²) in [5.74, 6) is 0. The molecular weight excluding hydrogens is 290 g/mol. The predicted molar refractivity (Wildman–Crippen MR) is 79.8 cm³/mol. The second kappa shape index (κ2) is 6.84. The molecule has 6 heteroatoms. The monoisotopic (exact) mass is 301 g/mol. The Kier molecular flexibility index (Phi) is 4.88. The molecule has 0 amide bonds. The van der Waals surface area contributed by atoms with Gasteiger partial charge < -0.3 is 5.32 Å². The molecule has 106 valence electrons. The van der Waals surface area contributed by atoms with Crippen LogP contribution in [0, 0.1) is 21.4 Å². The van der Waals surface area contributed by atoms with Gasteiger partial charge in [0.1, 0.15) is 0 Å². The van der Waals surface area contributed by atoms with Crippen LogP contribution in [0.4, 0.5) is 5.69 Å². The average Bonchev–Trinajstić information content (AvgIpc) is 2.49. The molecule has 0 atom stereocenters. The van der Waals surface area contributed by atoms with Gasteiger partial charge in [0, 0.05) is 19.2 Å². The van der Waals surface area contributed by atoms with Crippen molar-refractivity contribution in [3.63, 3.8) is 0 Å². The third kappa shape index (κ3) is 3.78. The number of rotatable bonds is 5. The van der Waals surface area contributed by atoms with Gasteiger partial charge in [0.25, 0.3) is 5.69 Å². The summed E-state index contributed by atoms with van der Waals surface area (Å²) in [7, 11) is 0. The van der Waals surface area contributed by atoms with Crippen molar-refractivity contribution in [3.05, 3.63) is 74.3 Å². The molecule has 0 aliphatic rings. The number of hydrogen-bond donors (Lipinski definition) is 1. The summed E-state index contributed by atoms with van der Waals surface area (Å²) in [6, 6.07) is 13.9. The molecule has 0 unspecified atom stereocenters. The number of benzene rings is 2. The molecule has 0 saturated heterocycles. The summed E-state index contributed by atoms with van der Waals surface area (Å²) < 4.78 is 0. The minimum atomic E-state index is -0.445. The molecule has 0 bridgehead atoms. The van der Waals surface area contributed by atoms with E-state index in [9.17, 15) is 10.1 Å². The lowest BCUT2D eigenvalue weighted by Crippen LogP contribution is -2.14. The highest BCUT2D eigenvalue weighted by Crippen LogP contribution is 2.25. The summed E-state index contributed by atoms with van der Waals surface area (Å²) in [6.45, 7) is 0.782. The highest BCUT2D eigenvalue weighted by atomic mass is 35.5. The molecule has 0 spiro atoms. The molecule has 0 aromatic heterocycles. The molecule has 1 N–H and O–H groups in total.